The Morgan fingerprint density at radius 2 is 1.68 bits per heavy atom. The van der Waals surface area contributed by atoms with Gasteiger partial charge in [0.25, 0.3) is 0 Å². The Bertz CT molecular complexity index is 591. The van der Waals surface area contributed by atoms with Gasteiger partial charge in [-0.25, -0.2) is 0 Å². The highest BCUT2D eigenvalue weighted by molar-refractivity contribution is 6.53. The van der Waals surface area contributed by atoms with E-state index in [4.69, 9.17) is 23.2 Å². The van der Waals surface area contributed by atoms with Crippen molar-refractivity contribution in [2.45, 2.75) is 24.1 Å². The molecular weight excluding hydrogens is 331 g/mol. The SMILES string of the molecule is C[C@]1(C(=O)NNC(=O)[C@@H]2[C@H](C(=O)O)[C@H]3C=C[C@H]2C3)CC1(Cl)Cl. The number of hydrogen-bond donors (Lipinski definition) is 3. The van der Waals surface area contributed by atoms with Gasteiger partial charge in [0, 0.05) is 0 Å². The normalized spacial score (nSPS) is 40.3. The molecule has 3 rings (SSSR count). The van der Waals surface area contributed by atoms with E-state index in [9.17, 15) is 19.5 Å². The summed E-state index contributed by atoms with van der Waals surface area (Å²) in [5, 5.41) is 9.30. The van der Waals surface area contributed by atoms with Gasteiger partial charge >= 0.3 is 5.97 Å². The molecule has 0 aromatic carbocycles. The van der Waals surface area contributed by atoms with Crippen molar-refractivity contribution >= 4 is 41.0 Å². The van der Waals surface area contributed by atoms with Gasteiger partial charge in [-0.15, -0.1) is 23.2 Å². The van der Waals surface area contributed by atoms with Gasteiger partial charge in [-0.05, 0) is 31.6 Å². The van der Waals surface area contributed by atoms with E-state index in [1.807, 2.05) is 12.2 Å². The first-order valence-corrected chi connectivity index (χ1v) is 7.82. The summed E-state index contributed by atoms with van der Waals surface area (Å²) in [4.78, 5) is 35.6. The van der Waals surface area contributed by atoms with E-state index in [1.54, 1.807) is 6.92 Å². The lowest BCUT2D eigenvalue weighted by Crippen LogP contribution is -2.50. The summed E-state index contributed by atoms with van der Waals surface area (Å²) >= 11 is 11.8. The van der Waals surface area contributed by atoms with Gasteiger partial charge in [-0.3, -0.25) is 25.2 Å². The minimum Gasteiger partial charge on any atom is -0.481 e. The molecule has 2 fully saturated rings. The molecule has 0 spiro atoms. The second kappa shape index (κ2) is 4.86. The number of carboxylic acids is 1. The number of hydrazine groups is 1. The van der Waals surface area contributed by atoms with Crippen LogP contribution >= 0.6 is 23.2 Å². The first kappa shape index (κ1) is 15.6. The average molecular weight is 347 g/mol. The number of aliphatic carboxylic acids is 1. The predicted molar refractivity (Wildman–Crippen MR) is 78.8 cm³/mol. The lowest BCUT2D eigenvalue weighted by Gasteiger charge is -2.24. The van der Waals surface area contributed by atoms with Crippen molar-refractivity contribution in [1.82, 2.24) is 10.9 Å². The van der Waals surface area contributed by atoms with Gasteiger partial charge in [0.05, 0.1) is 17.3 Å². The maximum atomic E-state index is 12.3. The quantitative estimate of drug-likeness (QED) is 0.407. The Morgan fingerprint density at radius 3 is 2.18 bits per heavy atom. The predicted octanol–water partition coefficient (Wildman–Crippen LogP) is 1.24. The maximum Gasteiger partial charge on any atom is 0.307 e. The summed E-state index contributed by atoms with van der Waals surface area (Å²) < 4.78 is -1.12. The summed E-state index contributed by atoms with van der Waals surface area (Å²) in [7, 11) is 0. The second-order valence-corrected chi connectivity index (χ2v) is 7.98. The number of alkyl halides is 2. The molecular formula is C14H16Cl2N2O4. The van der Waals surface area contributed by atoms with Crippen molar-refractivity contribution in [2.24, 2.45) is 29.1 Å². The molecule has 0 aromatic heterocycles. The number of carbonyl (C=O) groups excluding carboxylic acids is 2. The van der Waals surface area contributed by atoms with Gasteiger partial charge in [0.2, 0.25) is 11.8 Å². The fraction of sp³-hybridized carbons (Fsp3) is 0.643. The van der Waals surface area contributed by atoms with E-state index in [1.165, 1.54) is 0 Å². The highest BCUT2D eigenvalue weighted by Crippen LogP contribution is 2.63. The topological polar surface area (TPSA) is 95.5 Å². The Kier molecular flexibility index (Phi) is 3.45. The van der Waals surface area contributed by atoms with E-state index in [2.05, 4.69) is 10.9 Å². The summed E-state index contributed by atoms with van der Waals surface area (Å²) in [6.07, 6.45) is 4.69. The minimum atomic E-state index is -1.12. The molecule has 3 aliphatic rings. The van der Waals surface area contributed by atoms with E-state index in [0.29, 0.717) is 12.8 Å². The molecule has 3 N–H and O–H groups in total. The van der Waals surface area contributed by atoms with Crippen molar-refractivity contribution in [1.29, 1.82) is 0 Å². The van der Waals surface area contributed by atoms with Crippen LogP contribution in [0.1, 0.15) is 19.8 Å². The van der Waals surface area contributed by atoms with E-state index >= 15 is 0 Å². The molecule has 0 unspecified atom stereocenters. The molecule has 0 aliphatic heterocycles. The van der Waals surface area contributed by atoms with Crippen molar-refractivity contribution in [3.8, 4) is 0 Å². The number of rotatable bonds is 3. The number of nitrogens with one attached hydrogen (secondary N) is 2. The van der Waals surface area contributed by atoms with Gasteiger partial charge in [-0.2, -0.15) is 0 Å². The molecule has 3 aliphatic carbocycles. The van der Waals surface area contributed by atoms with Crippen molar-refractivity contribution in [3.05, 3.63) is 12.2 Å². The van der Waals surface area contributed by atoms with Crippen LogP contribution in [0.25, 0.3) is 0 Å². The third-order valence-electron chi connectivity index (χ3n) is 5.11. The van der Waals surface area contributed by atoms with Gasteiger partial charge in [0.1, 0.15) is 4.33 Å². The molecule has 5 atom stereocenters. The van der Waals surface area contributed by atoms with Crippen LogP contribution in [0.15, 0.2) is 12.2 Å². The molecule has 8 heteroatoms. The van der Waals surface area contributed by atoms with Crippen molar-refractivity contribution < 1.29 is 19.5 Å². The van der Waals surface area contributed by atoms with E-state index in [0.717, 1.165) is 0 Å². The van der Waals surface area contributed by atoms with Crippen LogP contribution in [0.4, 0.5) is 0 Å². The summed E-state index contributed by atoms with van der Waals surface area (Å²) in [5.41, 5.74) is 3.70. The van der Waals surface area contributed by atoms with Gasteiger partial charge in [-0.1, -0.05) is 12.2 Å². The number of allylic oxidation sites excluding steroid dienone is 2. The number of carbonyl (C=O) groups is 3. The third kappa shape index (κ3) is 2.20. The molecule has 2 saturated carbocycles. The van der Waals surface area contributed by atoms with Crippen LogP contribution in [0.3, 0.4) is 0 Å². The average Bonchev–Trinajstić information content (AvgIpc) is 2.85. The molecule has 2 amide bonds. The zero-order chi connectivity index (χ0) is 16.3. The minimum absolute atomic E-state index is 0.0975. The first-order chi connectivity index (χ1) is 10.2. The number of halogens is 2. The molecule has 0 saturated heterocycles. The standard InChI is InChI=1S/C14H16Cl2N2O4/c1-13(5-14(13,15)16)12(22)18-17-10(19)8-6-2-3-7(4-6)9(8)11(20)21/h2-3,6-9H,4-5H2,1H3,(H,17,19)(H,18,22)(H,20,21)/t6-,7-,8-,9+,13+/m0/s1. The molecule has 2 bridgehead atoms. The maximum absolute atomic E-state index is 12.3. The number of carboxylic acid groups (broad SMARTS) is 1. The van der Waals surface area contributed by atoms with Crippen molar-refractivity contribution in [3.63, 3.8) is 0 Å². The van der Waals surface area contributed by atoms with E-state index in [-0.39, 0.29) is 11.8 Å². The lowest BCUT2D eigenvalue weighted by atomic mass is 9.82. The number of fused-ring (bicyclic) bond motifs is 2. The largest absolute Gasteiger partial charge is 0.481 e. The highest BCUT2D eigenvalue weighted by atomic mass is 35.5. The fourth-order valence-corrected chi connectivity index (χ4v) is 4.21. The number of amides is 2. The van der Waals surface area contributed by atoms with Crippen molar-refractivity contribution in [2.75, 3.05) is 0 Å². The zero-order valence-corrected chi connectivity index (χ0v) is 13.3. The smallest absolute Gasteiger partial charge is 0.307 e. The monoisotopic (exact) mass is 346 g/mol. The molecule has 22 heavy (non-hydrogen) atoms. The van der Waals surface area contributed by atoms with Crippen LogP contribution in [0, 0.1) is 29.1 Å². The number of hydrogen-bond acceptors (Lipinski definition) is 3. The molecule has 120 valence electrons. The lowest BCUT2D eigenvalue weighted by molar-refractivity contribution is -0.148. The summed E-state index contributed by atoms with van der Waals surface area (Å²) in [6.45, 7) is 1.61. The second-order valence-electron chi connectivity index (χ2n) is 6.49. The Hall–Kier alpha value is -1.27. The fourth-order valence-electron chi connectivity index (χ4n) is 3.50. The van der Waals surface area contributed by atoms with Crippen LogP contribution in [-0.4, -0.2) is 27.2 Å². The molecule has 0 radical (unpaired) electrons. The molecule has 6 nitrogen and oxygen atoms in total. The molecule has 0 heterocycles. The third-order valence-corrected chi connectivity index (χ3v) is 6.21. The molecule has 0 aromatic rings. The summed E-state index contributed by atoms with van der Waals surface area (Å²) in [5.74, 6) is -3.58. The van der Waals surface area contributed by atoms with Crippen LogP contribution < -0.4 is 10.9 Å². The van der Waals surface area contributed by atoms with Gasteiger partial charge < -0.3 is 5.11 Å². The highest BCUT2D eigenvalue weighted by Gasteiger charge is 2.68. The Morgan fingerprint density at radius 1 is 1.14 bits per heavy atom. The summed E-state index contributed by atoms with van der Waals surface area (Å²) in [6, 6.07) is 0. The zero-order valence-electron chi connectivity index (χ0n) is 11.8. The van der Waals surface area contributed by atoms with E-state index < -0.39 is 39.4 Å². The Labute approximate surface area is 137 Å². The van der Waals surface area contributed by atoms with Crippen LogP contribution in [0.2, 0.25) is 0 Å². The Balaban J connectivity index is 1.62. The van der Waals surface area contributed by atoms with Crippen LogP contribution in [-0.2, 0) is 14.4 Å². The van der Waals surface area contributed by atoms with Crippen LogP contribution in [0.5, 0.6) is 0 Å². The first-order valence-electron chi connectivity index (χ1n) is 7.06. The van der Waals surface area contributed by atoms with Gasteiger partial charge in [0.15, 0.2) is 0 Å².